The Bertz CT molecular complexity index is 164. The molecule has 0 radical (unpaired) electrons. The first-order chi connectivity index (χ1) is 6.61. The molecule has 0 aromatic rings. The number of thioether (sulfide) groups is 1. The van der Waals surface area contributed by atoms with Crippen LogP contribution >= 0.6 is 11.8 Å². The summed E-state index contributed by atoms with van der Waals surface area (Å²) in [5, 5.41) is 0. The molecule has 0 saturated heterocycles. The summed E-state index contributed by atoms with van der Waals surface area (Å²) < 4.78 is 4.58. The highest BCUT2D eigenvalue weighted by Crippen LogP contribution is 2.05. The van der Waals surface area contributed by atoms with E-state index in [1.165, 1.54) is 7.11 Å². The van der Waals surface area contributed by atoms with Gasteiger partial charge in [0.15, 0.2) is 0 Å². The van der Waals surface area contributed by atoms with Crippen LogP contribution in [0.5, 0.6) is 0 Å². The Labute approximate surface area is 91.2 Å². The summed E-state index contributed by atoms with van der Waals surface area (Å²) in [4.78, 5) is 13.1. The molecule has 84 valence electrons. The van der Waals surface area contributed by atoms with Crippen molar-refractivity contribution in [2.45, 2.75) is 25.8 Å². The minimum atomic E-state index is -0.115. The van der Waals surface area contributed by atoms with E-state index in [0.717, 1.165) is 18.7 Å². The smallest absolute Gasteiger partial charge is 0.305 e. The van der Waals surface area contributed by atoms with Gasteiger partial charge in [-0.2, -0.15) is 11.8 Å². The first-order valence-corrected chi connectivity index (χ1v) is 6.27. The molecule has 0 aliphatic carbocycles. The highest BCUT2D eigenvalue weighted by atomic mass is 32.2. The molecule has 0 aromatic carbocycles. The van der Waals surface area contributed by atoms with Crippen LogP contribution in [0.25, 0.3) is 0 Å². The molecular weight excluding hydrogens is 198 g/mol. The lowest BCUT2D eigenvalue weighted by atomic mass is 10.2. The van der Waals surface area contributed by atoms with Crippen LogP contribution in [0, 0.1) is 0 Å². The average Bonchev–Trinajstić information content (AvgIpc) is 2.17. The highest BCUT2D eigenvalue weighted by Gasteiger charge is 2.08. The molecule has 1 atom stereocenters. The van der Waals surface area contributed by atoms with Gasteiger partial charge in [-0.1, -0.05) is 0 Å². The third-order valence-electron chi connectivity index (χ3n) is 2.28. The van der Waals surface area contributed by atoms with Gasteiger partial charge in [0.25, 0.3) is 0 Å². The quantitative estimate of drug-likeness (QED) is 0.609. The van der Waals surface area contributed by atoms with E-state index < -0.39 is 0 Å². The zero-order valence-electron chi connectivity index (χ0n) is 9.58. The van der Waals surface area contributed by atoms with Gasteiger partial charge >= 0.3 is 5.97 Å². The van der Waals surface area contributed by atoms with Crippen molar-refractivity contribution in [1.82, 2.24) is 4.90 Å². The van der Waals surface area contributed by atoms with Crippen molar-refractivity contribution < 1.29 is 9.53 Å². The van der Waals surface area contributed by atoms with E-state index in [1.807, 2.05) is 11.8 Å². The van der Waals surface area contributed by atoms with Gasteiger partial charge in [0.2, 0.25) is 0 Å². The number of esters is 1. The van der Waals surface area contributed by atoms with E-state index in [9.17, 15) is 4.79 Å². The van der Waals surface area contributed by atoms with Crippen LogP contribution in [-0.4, -0.2) is 49.6 Å². The average molecular weight is 219 g/mol. The molecule has 0 rings (SSSR count). The Hall–Kier alpha value is -0.220. The molecule has 0 fully saturated rings. The Morgan fingerprint density at radius 2 is 2.21 bits per heavy atom. The van der Waals surface area contributed by atoms with Crippen molar-refractivity contribution in [2.75, 3.05) is 32.7 Å². The lowest BCUT2D eigenvalue weighted by molar-refractivity contribution is -0.140. The van der Waals surface area contributed by atoms with Crippen LogP contribution in [-0.2, 0) is 9.53 Å². The summed E-state index contributed by atoms with van der Waals surface area (Å²) >= 11 is 1.85. The highest BCUT2D eigenvalue weighted by molar-refractivity contribution is 7.98. The zero-order chi connectivity index (χ0) is 11.0. The van der Waals surface area contributed by atoms with Gasteiger partial charge in [-0.15, -0.1) is 0 Å². The Balaban J connectivity index is 3.52. The standard InChI is InChI=1S/C10H21NO2S/c1-9(8-14-4)11(2)7-5-6-10(12)13-3/h9H,5-8H2,1-4H3. The monoisotopic (exact) mass is 219 g/mol. The van der Waals surface area contributed by atoms with Crippen molar-refractivity contribution in [2.24, 2.45) is 0 Å². The summed E-state index contributed by atoms with van der Waals surface area (Å²) in [7, 11) is 3.53. The SMILES string of the molecule is COC(=O)CCCN(C)C(C)CSC. The van der Waals surface area contributed by atoms with Crippen molar-refractivity contribution in [1.29, 1.82) is 0 Å². The number of nitrogens with zero attached hydrogens (tertiary/aromatic N) is 1. The molecule has 0 N–H and O–H groups in total. The van der Waals surface area contributed by atoms with Crippen LogP contribution < -0.4 is 0 Å². The fourth-order valence-corrected chi connectivity index (χ4v) is 1.90. The lowest BCUT2D eigenvalue weighted by Crippen LogP contribution is -2.32. The second-order valence-electron chi connectivity index (χ2n) is 3.46. The summed E-state index contributed by atoms with van der Waals surface area (Å²) in [5.41, 5.74) is 0. The molecule has 0 aliphatic rings. The predicted octanol–water partition coefficient (Wildman–Crippen LogP) is 1.62. The van der Waals surface area contributed by atoms with Crippen molar-refractivity contribution in [3.63, 3.8) is 0 Å². The zero-order valence-corrected chi connectivity index (χ0v) is 10.4. The molecule has 14 heavy (non-hydrogen) atoms. The van der Waals surface area contributed by atoms with E-state index in [2.05, 4.69) is 29.9 Å². The summed E-state index contributed by atoms with van der Waals surface area (Å²) in [5.74, 6) is 1.02. The second-order valence-corrected chi connectivity index (χ2v) is 4.38. The molecular formula is C10H21NO2S. The Kier molecular flexibility index (Phi) is 7.99. The number of carbonyl (C=O) groups excluding carboxylic acids is 1. The van der Waals surface area contributed by atoms with E-state index >= 15 is 0 Å². The maximum atomic E-state index is 10.8. The maximum absolute atomic E-state index is 10.8. The molecule has 1 unspecified atom stereocenters. The fraction of sp³-hybridized carbons (Fsp3) is 0.900. The van der Waals surface area contributed by atoms with Gasteiger partial charge in [0.05, 0.1) is 7.11 Å². The molecule has 0 heterocycles. The number of hydrogen-bond acceptors (Lipinski definition) is 4. The van der Waals surface area contributed by atoms with E-state index in [0.29, 0.717) is 12.5 Å². The van der Waals surface area contributed by atoms with Gasteiger partial charge in [0.1, 0.15) is 0 Å². The normalized spacial score (nSPS) is 12.9. The Morgan fingerprint density at radius 3 is 2.71 bits per heavy atom. The van der Waals surface area contributed by atoms with E-state index in [-0.39, 0.29) is 5.97 Å². The van der Waals surface area contributed by atoms with Crippen LogP contribution in [0.4, 0.5) is 0 Å². The Morgan fingerprint density at radius 1 is 1.57 bits per heavy atom. The second kappa shape index (κ2) is 8.12. The van der Waals surface area contributed by atoms with Crippen molar-refractivity contribution >= 4 is 17.7 Å². The lowest BCUT2D eigenvalue weighted by Gasteiger charge is -2.23. The van der Waals surface area contributed by atoms with Crippen LogP contribution in [0.15, 0.2) is 0 Å². The summed E-state index contributed by atoms with van der Waals surface area (Å²) in [6, 6.07) is 0.572. The van der Waals surface area contributed by atoms with E-state index in [1.54, 1.807) is 0 Å². The van der Waals surface area contributed by atoms with Crippen molar-refractivity contribution in [3.8, 4) is 0 Å². The number of hydrogen-bond donors (Lipinski definition) is 0. The molecule has 0 saturated carbocycles. The first-order valence-electron chi connectivity index (χ1n) is 4.87. The van der Waals surface area contributed by atoms with Gasteiger partial charge in [-0.25, -0.2) is 0 Å². The topological polar surface area (TPSA) is 29.5 Å². The van der Waals surface area contributed by atoms with Crippen LogP contribution in [0.3, 0.4) is 0 Å². The minimum Gasteiger partial charge on any atom is -0.469 e. The summed E-state index contributed by atoms with van der Waals surface area (Å²) in [6.45, 7) is 3.16. The molecule has 0 bridgehead atoms. The number of carbonyl (C=O) groups is 1. The van der Waals surface area contributed by atoms with Gasteiger partial charge in [0, 0.05) is 18.2 Å². The number of ether oxygens (including phenoxy) is 1. The molecule has 0 amide bonds. The van der Waals surface area contributed by atoms with E-state index in [4.69, 9.17) is 0 Å². The molecule has 4 heteroatoms. The molecule has 0 aromatic heterocycles. The molecule has 0 aliphatic heterocycles. The van der Waals surface area contributed by atoms with Gasteiger partial charge < -0.3 is 9.64 Å². The minimum absolute atomic E-state index is 0.115. The third-order valence-corrected chi connectivity index (χ3v) is 3.10. The molecule has 0 spiro atoms. The van der Waals surface area contributed by atoms with Crippen LogP contribution in [0.2, 0.25) is 0 Å². The first kappa shape index (κ1) is 13.8. The maximum Gasteiger partial charge on any atom is 0.305 e. The fourth-order valence-electron chi connectivity index (χ4n) is 1.16. The van der Waals surface area contributed by atoms with Gasteiger partial charge in [-0.05, 0) is 33.2 Å². The number of methoxy groups -OCH3 is 1. The van der Waals surface area contributed by atoms with Crippen LogP contribution in [0.1, 0.15) is 19.8 Å². The summed E-state index contributed by atoms with van der Waals surface area (Å²) in [6.07, 6.45) is 3.51. The van der Waals surface area contributed by atoms with Crippen molar-refractivity contribution in [3.05, 3.63) is 0 Å². The van der Waals surface area contributed by atoms with Gasteiger partial charge in [-0.3, -0.25) is 4.79 Å². The number of rotatable bonds is 7. The predicted molar refractivity (Wildman–Crippen MR) is 61.7 cm³/mol. The largest absolute Gasteiger partial charge is 0.469 e. The molecule has 3 nitrogen and oxygen atoms in total. The third kappa shape index (κ3) is 6.27.